The van der Waals surface area contributed by atoms with Crippen molar-refractivity contribution in [3.8, 4) is 5.75 Å². The number of carbonyl (C=O) groups is 1. The molecule has 0 saturated carbocycles. The van der Waals surface area contributed by atoms with Gasteiger partial charge in [-0.05, 0) is 62.2 Å². The molecular weight excluding hydrogens is 346 g/mol. The van der Waals surface area contributed by atoms with E-state index in [1.807, 2.05) is 63.2 Å². The Bertz CT molecular complexity index is 904. The van der Waals surface area contributed by atoms with Crippen molar-refractivity contribution in [3.63, 3.8) is 0 Å². The molecule has 134 valence electrons. The van der Waals surface area contributed by atoms with Crippen molar-refractivity contribution in [1.29, 1.82) is 0 Å². The summed E-state index contributed by atoms with van der Waals surface area (Å²) in [6, 6.07) is 13.6. The molecule has 3 rings (SSSR count). The molecule has 1 amide bonds. The summed E-state index contributed by atoms with van der Waals surface area (Å²) in [5.41, 5.74) is 4.21. The van der Waals surface area contributed by atoms with Gasteiger partial charge in [0, 0.05) is 16.8 Å². The number of anilines is 3. The van der Waals surface area contributed by atoms with Gasteiger partial charge < -0.3 is 15.4 Å². The quantitative estimate of drug-likeness (QED) is 0.632. The topological polar surface area (TPSA) is 63.2 Å². The number of ether oxygens (including phenoxy) is 1. The van der Waals surface area contributed by atoms with Crippen molar-refractivity contribution in [3.05, 3.63) is 64.7 Å². The molecule has 0 saturated heterocycles. The van der Waals surface area contributed by atoms with Crippen LogP contribution in [0.4, 0.5) is 16.5 Å². The van der Waals surface area contributed by atoms with Crippen LogP contribution in [-0.2, 0) is 0 Å². The third kappa shape index (κ3) is 4.40. The molecule has 0 spiro atoms. The van der Waals surface area contributed by atoms with Gasteiger partial charge in [-0.15, -0.1) is 11.3 Å². The predicted octanol–water partition coefficient (Wildman–Crippen LogP) is 5.15. The van der Waals surface area contributed by atoms with Gasteiger partial charge in [-0.3, -0.25) is 4.79 Å². The van der Waals surface area contributed by atoms with E-state index in [9.17, 15) is 4.79 Å². The van der Waals surface area contributed by atoms with Crippen LogP contribution in [0.1, 0.15) is 28.5 Å². The zero-order chi connectivity index (χ0) is 18.5. The molecule has 0 atom stereocenters. The first-order chi connectivity index (χ1) is 12.5. The lowest BCUT2D eigenvalue weighted by molar-refractivity contribution is 0.102. The first-order valence-corrected chi connectivity index (χ1v) is 9.27. The molecule has 0 aliphatic carbocycles. The molecule has 2 N–H and O–H groups in total. The van der Waals surface area contributed by atoms with Crippen LogP contribution in [-0.4, -0.2) is 17.5 Å². The maximum absolute atomic E-state index is 12.4. The number of amides is 1. The Labute approximate surface area is 157 Å². The minimum atomic E-state index is -0.213. The number of thiazole rings is 1. The van der Waals surface area contributed by atoms with Gasteiger partial charge in [0.15, 0.2) is 5.13 Å². The lowest BCUT2D eigenvalue weighted by Gasteiger charge is -2.08. The first-order valence-electron chi connectivity index (χ1n) is 8.39. The molecule has 0 aliphatic heterocycles. The van der Waals surface area contributed by atoms with Crippen LogP contribution in [0.15, 0.2) is 47.8 Å². The van der Waals surface area contributed by atoms with Crippen molar-refractivity contribution in [1.82, 2.24) is 4.98 Å². The molecule has 1 heterocycles. The van der Waals surface area contributed by atoms with Crippen molar-refractivity contribution >= 4 is 33.8 Å². The molecule has 1 aromatic heterocycles. The van der Waals surface area contributed by atoms with Crippen LogP contribution in [0.3, 0.4) is 0 Å². The summed E-state index contributed by atoms with van der Waals surface area (Å²) in [5, 5.41) is 8.55. The highest BCUT2D eigenvalue weighted by Gasteiger charge is 2.12. The van der Waals surface area contributed by atoms with E-state index in [0.717, 1.165) is 28.3 Å². The summed E-state index contributed by atoms with van der Waals surface area (Å²) in [6.45, 7) is 6.55. The fourth-order valence-corrected chi connectivity index (χ4v) is 3.13. The van der Waals surface area contributed by atoms with Crippen molar-refractivity contribution in [2.45, 2.75) is 20.8 Å². The summed E-state index contributed by atoms with van der Waals surface area (Å²) in [4.78, 5) is 16.8. The monoisotopic (exact) mass is 367 g/mol. The van der Waals surface area contributed by atoms with Gasteiger partial charge in [-0.1, -0.05) is 12.1 Å². The molecule has 6 heteroatoms. The molecule has 26 heavy (non-hydrogen) atoms. The highest BCUT2D eigenvalue weighted by atomic mass is 32.1. The molecule has 0 radical (unpaired) electrons. The zero-order valence-electron chi connectivity index (χ0n) is 15.0. The number of benzene rings is 2. The van der Waals surface area contributed by atoms with Gasteiger partial charge in [-0.2, -0.15) is 0 Å². The largest absolute Gasteiger partial charge is 0.494 e. The standard InChI is InChI=1S/C20H21N3O2S/c1-4-25-16-9-7-15(8-10-16)21-20-23-18(12-26-20)19(24)22-17-11-13(2)5-6-14(17)3/h5-12H,4H2,1-3H3,(H,21,23)(H,22,24). The number of nitrogens with one attached hydrogen (secondary N) is 2. The fourth-order valence-electron chi connectivity index (χ4n) is 2.42. The average molecular weight is 367 g/mol. The molecule has 0 fully saturated rings. The summed E-state index contributed by atoms with van der Waals surface area (Å²) in [6.07, 6.45) is 0. The van der Waals surface area contributed by atoms with Crippen LogP contribution >= 0.6 is 11.3 Å². The van der Waals surface area contributed by atoms with Crippen LogP contribution in [0, 0.1) is 13.8 Å². The van der Waals surface area contributed by atoms with Gasteiger partial charge in [0.25, 0.3) is 5.91 Å². The lowest BCUT2D eigenvalue weighted by Crippen LogP contribution is -2.13. The summed E-state index contributed by atoms with van der Waals surface area (Å²) in [5.74, 6) is 0.612. The second-order valence-corrected chi connectivity index (χ2v) is 6.75. The molecule has 0 unspecified atom stereocenters. The zero-order valence-corrected chi connectivity index (χ0v) is 15.8. The van der Waals surface area contributed by atoms with E-state index in [2.05, 4.69) is 15.6 Å². The maximum atomic E-state index is 12.4. The van der Waals surface area contributed by atoms with Crippen LogP contribution in [0.25, 0.3) is 0 Å². The summed E-state index contributed by atoms with van der Waals surface area (Å²) < 4.78 is 5.43. The van der Waals surface area contributed by atoms with Crippen LogP contribution < -0.4 is 15.4 Å². The second kappa shape index (κ2) is 8.01. The normalized spacial score (nSPS) is 10.4. The minimum Gasteiger partial charge on any atom is -0.494 e. The SMILES string of the molecule is CCOc1ccc(Nc2nc(C(=O)Nc3cc(C)ccc3C)cs2)cc1. The number of rotatable bonds is 6. The summed E-state index contributed by atoms with van der Waals surface area (Å²) >= 11 is 1.39. The average Bonchev–Trinajstić information content (AvgIpc) is 3.09. The Kier molecular flexibility index (Phi) is 5.53. The number of nitrogens with zero attached hydrogens (tertiary/aromatic N) is 1. The third-order valence-corrected chi connectivity index (χ3v) is 4.55. The van der Waals surface area contributed by atoms with E-state index in [1.165, 1.54) is 11.3 Å². The number of carbonyl (C=O) groups excluding carboxylic acids is 1. The van der Waals surface area contributed by atoms with E-state index < -0.39 is 0 Å². The Morgan fingerprint density at radius 1 is 1.15 bits per heavy atom. The molecule has 5 nitrogen and oxygen atoms in total. The minimum absolute atomic E-state index is 0.213. The highest BCUT2D eigenvalue weighted by molar-refractivity contribution is 7.14. The molecule has 0 bridgehead atoms. The number of hydrogen-bond donors (Lipinski definition) is 2. The van der Waals surface area contributed by atoms with Gasteiger partial charge in [-0.25, -0.2) is 4.98 Å². The number of hydrogen-bond acceptors (Lipinski definition) is 5. The Balaban J connectivity index is 1.67. The van der Waals surface area contributed by atoms with Crippen LogP contribution in [0.2, 0.25) is 0 Å². The van der Waals surface area contributed by atoms with Gasteiger partial charge in [0.1, 0.15) is 11.4 Å². The smallest absolute Gasteiger partial charge is 0.275 e. The third-order valence-electron chi connectivity index (χ3n) is 3.79. The van der Waals surface area contributed by atoms with E-state index in [0.29, 0.717) is 17.4 Å². The van der Waals surface area contributed by atoms with E-state index in [1.54, 1.807) is 5.38 Å². The summed E-state index contributed by atoms with van der Waals surface area (Å²) in [7, 11) is 0. The Morgan fingerprint density at radius 3 is 2.65 bits per heavy atom. The molecular formula is C20H21N3O2S. The molecule has 0 aliphatic rings. The fraction of sp³-hybridized carbons (Fsp3) is 0.200. The lowest BCUT2D eigenvalue weighted by atomic mass is 10.1. The maximum Gasteiger partial charge on any atom is 0.275 e. The number of aromatic nitrogens is 1. The molecule has 2 aromatic carbocycles. The van der Waals surface area contributed by atoms with Crippen molar-refractivity contribution in [2.24, 2.45) is 0 Å². The first kappa shape index (κ1) is 17.9. The predicted molar refractivity (Wildman–Crippen MR) is 107 cm³/mol. The Hall–Kier alpha value is -2.86. The number of aryl methyl sites for hydroxylation is 2. The van der Waals surface area contributed by atoms with Gasteiger partial charge >= 0.3 is 0 Å². The van der Waals surface area contributed by atoms with Crippen molar-refractivity contribution in [2.75, 3.05) is 17.2 Å². The molecule has 3 aromatic rings. The van der Waals surface area contributed by atoms with E-state index >= 15 is 0 Å². The highest BCUT2D eigenvalue weighted by Crippen LogP contribution is 2.24. The van der Waals surface area contributed by atoms with Crippen molar-refractivity contribution < 1.29 is 9.53 Å². The van der Waals surface area contributed by atoms with E-state index in [-0.39, 0.29) is 5.91 Å². The van der Waals surface area contributed by atoms with Gasteiger partial charge in [0.2, 0.25) is 0 Å². The Morgan fingerprint density at radius 2 is 1.92 bits per heavy atom. The second-order valence-electron chi connectivity index (χ2n) is 5.89. The van der Waals surface area contributed by atoms with Gasteiger partial charge in [0.05, 0.1) is 6.61 Å². The van der Waals surface area contributed by atoms with Crippen LogP contribution in [0.5, 0.6) is 5.75 Å². The van der Waals surface area contributed by atoms with E-state index in [4.69, 9.17) is 4.74 Å².